The van der Waals surface area contributed by atoms with Crippen LogP contribution in [0.5, 0.6) is 0 Å². The zero-order valence-corrected chi connectivity index (χ0v) is 13.9. The molecule has 2 aliphatic heterocycles. The predicted molar refractivity (Wildman–Crippen MR) is 83.1 cm³/mol. The summed E-state index contributed by atoms with van der Waals surface area (Å²) in [5, 5.41) is 0. The number of piperidine rings is 1. The maximum Gasteiger partial charge on any atom is 0.319 e. The third kappa shape index (κ3) is 2.77. The normalized spacial score (nSPS) is 27.6. The molecule has 0 bridgehead atoms. The van der Waals surface area contributed by atoms with Gasteiger partial charge in [-0.1, -0.05) is 28.1 Å². The lowest BCUT2D eigenvalue weighted by atomic mass is 9.79. The lowest BCUT2D eigenvalue weighted by Gasteiger charge is -2.38. The van der Waals surface area contributed by atoms with Crippen LogP contribution in [0.4, 0.5) is 0 Å². The van der Waals surface area contributed by atoms with Gasteiger partial charge in [0.15, 0.2) is 0 Å². The molecule has 5 nitrogen and oxygen atoms in total. The molecule has 118 valence electrons. The minimum Gasteiger partial charge on any atom is -0.465 e. The fourth-order valence-electron chi connectivity index (χ4n) is 3.21. The van der Waals surface area contributed by atoms with Crippen LogP contribution in [0, 0.1) is 5.92 Å². The Labute approximate surface area is 137 Å². The molecule has 0 spiro atoms. The third-order valence-electron chi connectivity index (χ3n) is 4.24. The van der Waals surface area contributed by atoms with Crippen molar-refractivity contribution in [3.63, 3.8) is 0 Å². The minimum absolute atomic E-state index is 0.180. The monoisotopic (exact) mass is 367 g/mol. The Balaban J connectivity index is 1.94. The van der Waals surface area contributed by atoms with Crippen LogP contribution in [-0.2, 0) is 19.1 Å². The molecule has 2 fully saturated rings. The predicted octanol–water partition coefficient (Wildman–Crippen LogP) is 2.30. The topological polar surface area (TPSA) is 55.8 Å². The van der Waals surface area contributed by atoms with E-state index in [0.717, 1.165) is 10.0 Å². The van der Waals surface area contributed by atoms with Gasteiger partial charge in [-0.2, -0.15) is 0 Å². The molecular weight excluding hydrogens is 350 g/mol. The molecule has 0 N–H and O–H groups in total. The molecule has 0 radical (unpaired) electrons. The minimum atomic E-state index is -0.779. The number of esters is 1. The van der Waals surface area contributed by atoms with Gasteiger partial charge in [-0.05, 0) is 24.6 Å². The number of rotatable bonds is 3. The van der Waals surface area contributed by atoms with Gasteiger partial charge in [-0.3, -0.25) is 9.59 Å². The van der Waals surface area contributed by atoms with Crippen molar-refractivity contribution in [1.82, 2.24) is 4.90 Å². The van der Waals surface area contributed by atoms with E-state index in [1.54, 1.807) is 11.8 Å². The second kappa shape index (κ2) is 6.38. The van der Waals surface area contributed by atoms with Gasteiger partial charge >= 0.3 is 5.97 Å². The summed E-state index contributed by atoms with van der Waals surface area (Å²) in [6.07, 6.45) is 0.392. The molecule has 1 amide bonds. The van der Waals surface area contributed by atoms with Gasteiger partial charge in [0.2, 0.25) is 5.91 Å². The number of fused-ring (bicyclic) bond motifs is 1. The highest BCUT2D eigenvalue weighted by molar-refractivity contribution is 9.10. The van der Waals surface area contributed by atoms with Crippen LogP contribution in [0.2, 0.25) is 0 Å². The van der Waals surface area contributed by atoms with Gasteiger partial charge in [0, 0.05) is 23.4 Å². The van der Waals surface area contributed by atoms with Crippen molar-refractivity contribution in [1.29, 1.82) is 0 Å². The Morgan fingerprint density at radius 3 is 2.82 bits per heavy atom. The Bertz CT molecular complexity index is 574. The molecule has 1 aromatic carbocycles. The molecule has 3 atom stereocenters. The number of halogens is 1. The highest BCUT2D eigenvalue weighted by atomic mass is 79.9. The van der Waals surface area contributed by atoms with Crippen LogP contribution in [0.25, 0.3) is 0 Å². The molecule has 2 saturated heterocycles. The van der Waals surface area contributed by atoms with Crippen molar-refractivity contribution in [2.45, 2.75) is 25.5 Å². The zero-order chi connectivity index (χ0) is 15.7. The van der Waals surface area contributed by atoms with E-state index < -0.39 is 11.9 Å². The lowest BCUT2D eigenvalue weighted by Crippen LogP contribution is -2.51. The molecule has 2 heterocycles. The molecule has 22 heavy (non-hydrogen) atoms. The summed E-state index contributed by atoms with van der Waals surface area (Å²) in [5.41, 5.74) is 0.963. The maximum atomic E-state index is 12.7. The number of ether oxygens (including phenoxy) is 2. The van der Waals surface area contributed by atoms with Gasteiger partial charge in [0.05, 0.1) is 13.2 Å². The second-order valence-corrected chi connectivity index (χ2v) is 6.40. The largest absolute Gasteiger partial charge is 0.465 e. The molecule has 0 aromatic heterocycles. The summed E-state index contributed by atoms with van der Waals surface area (Å²) in [6, 6.07) is 7.73. The fourth-order valence-corrected chi connectivity index (χ4v) is 3.47. The number of nitrogens with zero attached hydrogens (tertiary/aromatic N) is 1. The number of carbonyl (C=O) groups is 2. The van der Waals surface area contributed by atoms with Crippen LogP contribution in [0.1, 0.15) is 24.8 Å². The van der Waals surface area contributed by atoms with E-state index >= 15 is 0 Å². The van der Waals surface area contributed by atoms with Crippen LogP contribution in [0.3, 0.4) is 0 Å². The first kappa shape index (κ1) is 15.5. The number of benzene rings is 1. The second-order valence-electron chi connectivity index (χ2n) is 5.48. The van der Waals surface area contributed by atoms with Gasteiger partial charge in [-0.15, -0.1) is 0 Å². The van der Waals surface area contributed by atoms with Crippen LogP contribution in [-0.4, -0.2) is 42.8 Å². The van der Waals surface area contributed by atoms with E-state index in [2.05, 4.69) is 15.9 Å². The molecule has 3 rings (SSSR count). The molecule has 0 aliphatic carbocycles. The van der Waals surface area contributed by atoms with E-state index in [9.17, 15) is 9.59 Å². The van der Waals surface area contributed by atoms with Crippen molar-refractivity contribution in [3.05, 3.63) is 34.3 Å². The third-order valence-corrected chi connectivity index (χ3v) is 4.76. The fraction of sp³-hybridized carbons (Fsp3) is 0.500. The van der Waals surface area contributed by atoms with E-state index in [0.29, 0.717) is 19.6 Å². The lowest BCUT2D eigenvalue weighted by molar-refractivity contribution is -0.163. The number of hydrogen-bond acceptors (Lipinski definition) is 4. The Kier molecular flexibility index (Phi) is 4.49. The molecule has 6 heteroatoms. The smallest absolute Gasteiger partial charge is 0.319 e. The first-order chi connectivity index (χ1) is 10.6. The molecule has 0 saturated carbocycles. The Morgan fingerprint density at radius 2 is 2.14 bits per heavy atom. The average molecular weight is 368 g/mol. The van der Waals surface area contributed by atoms with E-state index in [4.69, 9.17) is 9.47 Å². The standard InChI is InChI=1S/C16H18BrNO4/c1-2-21-16(20)14-12(10-3-5-11(17)6-4-10)9-13-18(15(14)19)7-8-22-13/h3-6,12-14H,2,7-9H2,1H3/t12-,13-,14-/m0/s1. The number of carbonyl (C=O) groups excluding carboxylic acids is 2. The summed E-state index contributed by atoms with van der Waals surface area (Å²) in [4.78, 5) is 26.7. The Hall–Kier alpha value is -1.40. The van der Waals surface area contributed by atoms with Crippen molar-refractivity contribution >= 4 is 27.8 Å². The van der Waals surface area contributed by atoms with Crippen molar-refractivity contribution < 1.29 is 19.1 Å². The Morgan fingerprint density at radius 1 is 1.41 bits per heavy atom. The summed E-state index contributed by atoms with van der Waals surface area (Å²) < 4.78 is 11.7. The molecule has 1 aromatic rings. The summed E-state index contributed by atoms with van der Waals surface area (Å²) >= 11 is 3.40. The van der Waals surface area contributed by atoms with Gasteiger partial charge in [-0.25, -0.2) is 0 Å². The van der Waals surface area contributed by atoms with Gasteiger partial charge in [0.1, 0.15) is 12.1 Å². The van der Waals surface area contributed by atoms with E-state index in [1.807, 2.05) is 24.3 Å². The van der Waals surface area contributed by atoms with Crippen LogP contribution >= 0.6 is 15.9 Å². The molecule has 0 unspecified atom stereocenters. The summed E-state index contributed by atoms with van der Waals surface area (Å²) in [6.45, 7) is 3.10. The van der Waals surface area contributed by atoms with E-state index in [-0.39, 0.29) is 24.7 Å². The van der Waals surface area contributed by atoms with Crippen molar-refractivity contribution in [2.24, 2.45) is 5.92 Å². The van der Waals surface area contributed by atoms with Gasteiger partial charge in [0.25, 0.3) is 0 Å². The van der Waals surface area contributed by atoms with E-state index in [1.165, 1.54) is 0 Å². The highest BCUT2D eigenvalue weighted by Gasteiger charge is 2.49. The van der Waals surface area contributed by atoms with Gasteiger partial charge < -0.3 is 14.4 Å². The van der Waals surface area contributed by atoms with Crippen LogP contribution in [0.15, 0.2) is 28.7 Å². The molecule has 2 aliphatic rings. The summed E-state index contributed by atoms with van der Waals surface area (Å²) in [5.74, 6) is -1.61. The summed E-state index contributed by atoms with van der Waals surface area (Å²) in [7, 11) is 0. The average Bonchev–Trinajstić information content (AvgIpc) is 2.97. The quantitative estimate of drug-likeness (QED) is 0.607. The molecular formula is C16H18BrNO4. The number of hydrogen-bond donors (Lipinski definition) is 0. The SMILES string of the molecule is CCOC(=O)[C@@H]1C(=O)N2CCO[C@H]2C[C@H]1c1ccc(Br)cc1. The van der Waals surface area contributed by atoms with Crippen LogP contribution < -0.4 is 0 Å². The zero-order valence-electron chi connectivity index (χ0n) is 12.3. The number of amides is 1. The first-order valence-electron chi connectivity index (χ1n) is 7.46. The highest BCUT2D eigenvalue weighted by Crippen LogP contribution is 2.39. The maximum absolute atomic E-state index is 12.7. The first-order valence-corrected chi connectivity index (χ1v) is 8.25. The van der Waals surface area contributed by atoms with Crippen molar-refractivity contribution in [3.8, 4) is 0 Å². The van der Waals surface area contributed by atoms with Crippen molar-refractivity contribution in [2.75, 3.05) is 19.8 Å².